The topological polar surface area (TPSA) is 28.2 Å². The van der Waals surface area contributed by atoms with Gasteiger partial charge in [0.1, 0.15) is 6.20 Å². The maximum absolute atomic E-state index is 6.25. The standard InChI is InChI=1S/C15H27N.CN/c1-3-5-6-7-8-9-12-16-13-11-15(14-16)10-4-2;1-2/h11,13-14H,3-10,12H2,1-2H3;/q;-1/p+1. The number of rotatable bonds is 9. The first-order chi connectivity index (χ1) is 8.86. The third kappa shape index (κ3) is 8.08. The minimum atomic E-state index is 1.25. The summed E-state index contributed by atoms with van der Waals surface area (Å²) >= 11 is 0. The Morgan fingerprint density at radius 2 is 1.67 bits per heavy atom. The lowest BCUT2D eigenvalue weighted by atomic mass is 10.1. The number of allylic oxidation sites excluding steroid dienone is 2. The van der Waals surface area contributed by atoms with Gasteiger partial charge in [-0.05, 0) is 19.3 Å². The predicted octanol–water partition coefficient (Wildman–Crippen LogP) is 3.54. The Kier molecular flexibility index (Phi) is 11.7. The molecule has 2 heteroatoms. The molecule has 102 valence electrons. The van der Waals surface area contributed by atoms with Crippen LogP contribution in [0.5, 0.6) is 0 Å². The third-order valence-electron chi connectivity index (χ3n) is 3.24. The predicted molar refractivity (Wildman–Crippen MR) is 76.3 cm³/mol. The van der Waals surface area contributed by atoms with Crippen molar-refractivity contribution in [1.82, 2.24) is 0 Å². The highest BCUT2D eigenvalue weighted by molar-refractivity contribution is 5.17. The SMILES string of the molecule is CCCCCCCC[NH+]1C=CC(CCC)=C1.[C-]#N. The third-order valence-corrected chi connectivity index (χ3v) is 3.24. The van der Waals surface area contributed by atoms with Gasteiger partial charge in [0.05, 0.1) is 12.7 Å². The van der Waals surface area contributed by atoms with E-state index in [4.69, 9.17) is 11.8 Å². The van der Waals surface area contributed by atoms with Gasteiger partial charge < -0.3 is 11.8 Å². The molecule has 0 amide bonds. The molecule has 0 fully saturated rings. The minimum absolute atomic E-state index is 1.25. The van der Waals surface area contributed by atoms with Gasteiger partial charge in [0.15, 0.2) is 0 Å². The molecule has 1 aliphatic heterocycles. The molecule has 1 N–H and O–H groups in total. The molecule has 1 heterocycles. The summed E-state index contributed by atoms with van der Waals surface area (Å²) in [5, 5.41) is 6.25. The lowest BCUT2D eigenvalue weighted by molar-refractivity contribution is -0.788. The Labute approximate surface area is 113 Å². The van der Waals surface area contributed by atoms with E-state index < -0.39 is 0 Å². The lowest BCUT2D eigenvalue weighted by Gasteiger charge is -2.06. The summed E-state index contributed by atoms with van der Waals surface area (Å²) in [4.78, 5) is 1.55. The van der Waals surface area contributed by atoms with E-state index in [0.717, 1.165) is 0 Å². The Hall–Kier alpha value is -1.07. The molecule has 2 nitrogen and oxygen atoms in total. The van der Waals surface area contributed by atoms with E-state index in [0.29, 0.717) is 0 Å². The second-order valence-corrected chi connectivity index (χ2v) is 4.90. The number of quaternary nitrogens is 1. The zero-order valence-electron chi connectivity index (χ0n) is 12.0. The number of hydrogen-bond donors (Lipinski definition) is 1. The van der Waals surface area contributed by atoms with Crippen LogP contribution in [-0.2, 0) is 0 Å². The van der Waals surface area contributed by atoms with E-state index in [9.17, 15) is 0 Å². The zero-order valence-corrected chi connectivity index (χ0v) is 12.0. The lowest BCUT2D eigenvalue weighted by Crippen LogP contribution is -3.01. The van der Waals surface area contributed by atoms with Gasteiger partial charge in [0, 0.05) is 11.6 Å². The highest BCUT2D eigenvalue weighted by Crippen LogP contribution is 2.07. The Morgan fingerprint density at radius 1 is 1.00 bits per heavy atom. The molecule has 0 spiro atoms. The zero-order chi connectivity index (χ0) is 13.6. The molecule has 1 atom stereocenters. The van der Waals surface area contributed by atoms with E-state index in [1.165, 1.54) is 63.5 Å². The van der Waals surface area contributed by atoms with Crippen LogP contribution in [0.15, 0.2) is 24.0 Å². The van der Waals surface area contributed by atoms with Gasteiger partial charge in [-0.2, -0.15) is 0 Å². The van der Waals surface area contributed by atoms with Crippen LogP contribution >= 0.6 is 0 Å². The summed E-state index contributed by atoms with van der Waals surface area (Å²) in [5.41, 5.74) is 1.53. The van der Waals surface area contributed by atoms with Crippen molar-refractivity contribution in [3.05, 3.63) is 30.6 Å². The van der Waals surface area contributed by atoms with Crippen molar-refractivity contribution in [2.24, 2.45) is 0 Å². The Balaban J connectivity index is 0.00000137. The number of nitrogens with one attached hydrogen (secondary N) is 1. The van der Waals surface area contributed by atoms with E-state index >= 15 is 0 Å². The highest BCUT2D eigenvalue weighted by Gasteiger charge is 2.09. The quantitative estimate of drug-likeness (QED) is 0.490. The molecule has 0 saturated heterocycles. The number of hydrogen-bond acceptors (Lipinski definition) is 1. The fraction of sp³-hybridized carbons (Fsp3) is 0.688. The minimum Gasteiger partial charge on any atom is -0.512 e. The van der Waals surface area contributed by atoms with Crippen LogP contribution in [0, 0.1) is 11.8 Å². The Bertz CT molecular complexity index is 264. The van der Waals surface area contributed by atoms with Crippen molar-refractivity contribution in [1.29, 1.82) is 5.26 Å². The molecular formula is C16H28N2. The first kappa shape index (κ1) is 16.9. The smallest absolute Gasteiger partial charge is 0.102 e. The highest BCUT2D eigenvalue weighted by atomic mass is 15.1. The van der Waals surface area contributed by atoms with Gasteiger partial charge >= 0.3 is 0 Å². The molecule has 1 aliphatic rings. The van der Waals surface area contributed by atoms with Gasteiger partial charge in [-0.15, -0.1) is 0 Å². The molecule has 0 aliphatic carbocycles. The van der Waals surface area contributed by atoms with Crippen LogP contribution in [0.4, 0.5) is 0 Å². The van der Waals surface area contributed by atoms with E-state index in [1.807, 2.05) is 0 Å². The van der Waals surface area contributed by atoms with Crippen molar-refractivity contribution >= 4 is 0 Å². The van der Waals surface area contributed by atoms with Gasteiger partial charge in [0.25, 0.3) is 0 Å². The molecule has 0 aromatic rings. The maximum Gasteiger partial charge on any atom is 0.102 e. The summed E-state index contributed by atoms with van der Waals surface area (Å²) in [6.45, 7) is 10.6. The van der Waals surface area contributed by atoms with E-state index in [2.05, 4.69) is 32.3 Å². The number of unbranched alkanes of at least 4 members (excludes halogenated alkanes) is 5. The second-order valence-electron chi connectivity index (χ2n) is 4.90. The molecule has 0 saturated carbocycles. The van der Waals surface area contributed by atoms with Crippen molar-refractivity contribution in [3.63, 3.8) is 0 Å². The second kappa shape index (κ2) is 12.4. The first-order valence-corrected chi connectivity index (χ1v) is 7.33. The average molecular weight is 248 g/mol. The molecule has 1 rings (SSSR count). The van der Waals surface area contributed by atoms with Gasteiger partial charge in [-0.25, -0.2) is 0 Å². The maximum atomic E-state index is 6.25. The van der Waals surface area contributed by atoms with Crippen molar-refractivity contribution in [2.75, 3.05) is 6.54 Å². The normalized spacial score (nSPS) is 17.1. The molecule has 0 bridgehead atoms. The molecular weight excluding hydrogens is 220 g/mol. The van der Waals surface area contributed by atoms with Gasteiger partial charge in [0.2, 0.25) is 0 Å². The van der Waals surface area contributed by atoms with Crippen LogP contribution in [-0.4, -0.2) is 6.54 Å². The summed E-state index contributed by atoms with van der Waals surface area (Å²) in [5.74, 6) is 0. The molecule has 0 aromatic carbocycles. The van der Waals surface area contributed by atoms with Crippen molar-refractivity contribution in [3.8, 4) is 0 Å². The van der Waals surface area contributed by atoms with Gasteiger partial charge in [-0.3, -0.25) is 4.90 Å². The summed E-state index contributed by atoms with van der Waals surface area (Å²) in [7, 11) is 0. The first-order valence-electron chi connectivity index (χ1n) is 7.33. The van der Waals surface area contributed by atoms with E-state index in [1.54, 1.807) is 4.90 Å². The molecule has 0 aromatic heterocycles. The fourth-order valence-corrected chi connectivity index (χ4v) is 2.26. The summed E-state index contributed by atoms with van der Waals surface area (Å²) in [6, 6.07) is 0. The van der Waals surface area contributed by atoms with E-state index in [-0.39, 0.29) is 0 Å². The van der Waals surface area contributed by atoms with Crippen molar-refractivity contribution in [2.45, 2.75) is 65.2 Å². The fourth-order valence-electron chi connectivity index (χ4n) is 2.26. The number of nitrogens with zero attached hydrogens (tertiary/aromatic N) is 1. The molecule has 1 unspecified atom stereocenters. The van der Waals surface area contributed by atoms with Crippen LogP contribution in [0.1, 0.15) is 65.2 Å². The van der Waals surface area contributed by atoms with Crippen LogP contribution in [0.2, 0.25) is 0 Å². The average Bonchev–Trinajstić information content (AvgIpc) is 2.84. The van der Waals surface area contributed by atoms with Crippen LogP contribution in [0.3, 0.4) is 0 Å². The van der Waals surface area contributed by atoms with Gasteiger partial charge in [-0.1, -0.05) is 46.0 Å². The Morgan fingerprint density at radius 3 is 2.33 bits per heavy atom. The summed E-state index contributed by atoms with van der Waals surface area (Å²) in [6.07, 6.45) is 17.9. The largest absolute Gasteiger partial charge is 0.512 e. The molecule has 0 radical (unpaired) electrons. The van der Waals surface area contributed by atoms with Crippen molar-refractivity contribution < 1.29 is 4.90 Å². The van der Waals surface area contributed by atoms with Crippen LogP contribution < -0.4 is 4.90 Å². The summed E-state index contributed by atoms with van der Waals surface area (Å²) < 4.78 is 0. The van der Waals surface area contributed by atoms with Crippen LogP contribution in [0.25, 0.3) is 0 Å². The molecule has 18 heavy (non-hydrogen) atoms. The monoisotopic (exact) mass is 248 g/mol.